The lowest BCUT2D eigenvalue weighted by molar-refractivity contribution is -0.167. The largest absolute Gasteiger partial charge is 0.462 e. The fourth-order valence-corrected chi connectivity index (χ4v) is 8.99. The highest BCUT2D eigenvalue weighted by Gasteiger charge is 2.19. The van der Waals surface area contributed by atoms with Crippen LogP contribution in [0.1, 0.15) is 316 Å². The van der Waals surface area contributed by atoms with Crippen molar-refractivity contribution in [1.29, 1.82) is 0 Å². The van der Waals surface area contributed by atoms with E-state index >= 15 is 0 Å². The van der Waals surface area contributed by atoms with E-state index in [-0.39, 0.29) is 37.5 Å². The van der Waals surface area contributed by atoms with Gasteiger partial charge in [-0.05, 0) is 77.0 Å². The molecule has 0 bridgehead atoms. The summed E-state index contributed by atoms with van der Waals surface area (Å²) < 4.78 is 16.8. The first-order chi connectivity index (χ1) is 36.0. The molecule has 0 fully saturated rings. The van der Waals surface area contributed by atoms with E-state index in [0.717, 1.165) is 89.9 Å². The first kappa shape index (κ1) is 69.8. The number of esters is 3. The van der Waals surface area contributed by atoms with Gasteiger partial charge in [0.05, 0.1) is 0 Å². The first-order valence-corrected chi connectivity index (χ1v) is 31.4. The summed E-state index contributed by atoms with van der Waals surface area (Å²) in [5, 5.41) is 0. The molecule has 0 heterocycles. The summed E-state index contributed by atoms with van der Waals surface area (Å²) in [5.74, 6) is -0.956. The van der Waals surface area contributed by atoms with Crippen LogP contribution in [0.2, 0.25) is 0 Å². The van der Waals surface area contributed by atoms with E-state index < -0.39 is 6.10 Å². The van der Waals surface area contributed by atoms with Crippen molar-refractivity contribution in [3.63, 3.8) is 0 Å². The van der Waals surface area contributed by atoms with Gasteiger partial charge in [-0.25, -0.2) is 0 Å². The van der Waals surface area contributed by atoms with Crippen molar-refractivity contribution in [3.8, 4) is 0 Å². The predicted octanol–water partition coefficient (Wildman–Crippen LogP) is 21.3. The highest BCUT2D eigenvalue weighted by molar-refractivity contribution is 5.71. The van der Waals surface area contributed by atoms with Gasteiger partial charge in [0, 0.05) is 19.3 Å². The summed E-state index contributed by atoms with van der Waals surface area (Å²) in [6.07, 6.45) is 79.4. The maximum absolute atomic E-state index is 12.8. The summed E-state index contributed by atoms with van der Waals surface area (Å²) in [6.45, 7) is 6.47. The van der Waals surface area contributed by atoms with Gasteiger partial charge >= 0.3 is 17.9 Å². The number of allylic oxidation sites excluding steroid dienone is 12. The molecule has 0 radical (unpaired) electrons. The lowest BCUT2D eigenvalue weighted by atomic mass is 10.0. The maximum atomic E-state index is 12.8. The summed E-state index contributed by atoms with van der Waals surface area (Å²) in [5.41, 5.74) is 0. The highest BCUT2D eigenvalue weighted by atomic mass is 16.6. The van der Waals surface area contributed by atoms with E-state index in [1.807, 2.05) is 0 Å². The molecule has 6 heteroatoms. The van der Waals surface area contributed by atoms with Crippen molar-refractivity contribution < 1.29 is 28.6 Å². The van der Waals surface area contributed by atoms with Crippen LogP contribution in [-0.2, 0) is 28.6 Å². The minimum Gasteiger partial charge on any atom is -0.462 e. The summed E-state index contributed by atoms with van der Waals surface area (Å²) in [6, 6.07) is 0. The van der Waals surface area contributed by atoms with E-state index in [2.05, 4.69) is 93.7 Å². The number of rotatable bonds is 57. The van der Waals surface area contributed by atoms with Crippen LogP contribution in [0.3, 0.4) is 0 Å². The van der Waals surface area contributed by atoms with E-state index in [4.69, 9.17) is 14.2 Å². The lowest BCUT2D eigenvalue weighted by Gasteiger charge is -2.18. The molecule has 0 aliphatic rings. The Labute approximate surface area is 453 Å². The monoisotopic (exact) mass is 1020 g/mol. The van der Waals surface area contributed by atoms with Crippen LogP contribution in [0.25, 0.3) is 0 Å². The van der Waals surface area contributed by atoms with Crippen LogP contribution in [0.5, 0.6) is 0 Å². The molecule has 0 saturated carbocycles. The van der Waals surface area contributed by atoms with E-state index in [1.165, 1.54) is 180 Å². The predicted molar refractivity (Wildman–Crippen MR) is 316 cm³/mol. The third kappa shape index (κ3) is 59.6. The Bertz CT molecular complexity index is 1360. The van der Waals surface area contributed by atoms with E-state index in [9.17, 15) is 14.4 Å². The van der Waals surface area contributed by atoms with Gasteiger partial charge in [-0.15, -0.1) is 0 Å². The van der Waals surface area contributed by atoms with E-state index in [1.54, 1.807) is 0 Å². The second-order valence-electron chi connectivity index (χ2n) is 20.9. The number of carbonyl (C=O) groups is 3. The van der Waals surface area contributed by atoms with Gasteiger partial charge < -0.3 is 14.2 Å². The molecule has 0 aromatic carbocycles. The third-order valence-electron chi connectivity index (χ3n) is 13.7. The zero-order chi connectivity index (χ0) is 52.9. The minimum atomic E-state index is -0.807. The molecule has 1 unspecified atom stereocenters. The molecular weight excluding hydrogens is 901 g/mol. The Morgan fingerprint density at radius 1 is 0.288 bits per heavy atom. The zero-order valence-corrected chi connectivity index (χ0v) is 48.4. The fourth-order valence-electron chi connectivity index (χ4n) is 8.99. The van der Waals surface area contributed by atoms with Crippen LogP contribution >= 0.6 is 0 Å². The number of hydrogen-bond donors (Lipinski definition) is 0. The van der Waals surface area contributed by atoms with Crippen LogP contribution in [-0.4, -0.2) is 37.2 Å². The molecule has 1 atom stereocenters. The summed E-state index contributed by atoms with van der Waals surface area (Å²) >= 11 is 0. The topological polar surface area (TPSA) is 78.9 Å². The van der Waals surface area contributed by atoms with Crippen molar-refractivity contribution in [2.45, 2.75) is 322 Å². The number of carbonyl (C=O) groups excluding carboxylic acids is 3. The highest BCUT2D eigenvalue weighted by Crippen LogP contribution is 2.17. The first-order valence-electron chi connectivity index (χ1n) is 31.4. The molecule has 0 aromatic heterocycles. The Morgan fingerprint density at radius 3 is 0.932 bits per heavy atom. The molecule has 0 aliphatic carbocycles. The Morgan fingerprint density at radius 2 is 0.562 bits per heavy atom. The number of ether oxygens (including phenoxy) is 3. The number of unbranched alkanes of at least 4 members (excludes halogenated alkanes) is 34. The maximum Gasteiger partial charge on any atom is 0.306 e. The quantitative estimate of drug-likeness (QED) is 0.0261. The second-order valence-corrected chi connectivity index (χ2v) is 20.9. The minimum absolute atomic E-state index is 0.0982. The SMILES string of the molecule is CC/C=C\C/C=C\C/C=C\C/C=C\C/C=C\CCCC(=O)OC(COC(=O)CCCCCCC/C=C\CCCC)COC(=O)CCCCCCCCCCCCCCCCCCCCCCCCCCCCC. The Hall–Kier alpha value is -3.15. The van der Waals surface area contributed by atoms with Crippen molar-refractivity contribution in [2.24, 2.45) is 0 Å². The van der Waals surface area contributed by atoms with Gasteiger partial charge in [-0.2, -0.15) is 0 Å². The standard InChI is InChI=1S/C67H118O6/c1-4-7-10-13-16-19-22-24-26-28-29-30-31-32-33-34-35-36-37-39-40-42-45-48-51-54-57-60-66(69)72-63-64(62-71-65(68)59-56-53-50-47-44-21-18-15-12-9-6-3)73-67(70)61-58-55-52-49-46-43-41-38-27-25-23-20-17-14-11-8-5-2/h8,11,15,17-18,20,25,27,41,43,49,52,64H,4-7,9-10,12-14,16,19,21-24,26,28-40,42,44-48,50-51,53-63H2,1-3H3/b11-8-,18-15-,20-17-,27-25-,43-41-,52-49-. The van der Waals surface area contributed by atoms with Gasteiger partial charge in [0.25, 0.3) is 0 Å². The molecule has 0 saturated heterocycles. The molecule has 0 rings (SSSR count). The van der Waals surface area contributed by atoms with Crippen LogP contribution in [0.15, 0.2) is 72.9 Å². The molecule has 0 aliphatic heterocycles. The van der Waals surface area contributed by atoms with Crippen LogP contribution in [0.4, 0.5) is 0 Å². The Kier molecular flexibility index (Phi) is 58.7. The normalized spacial score (nSPS) is 12.5. The fraction of sp³-hybridized carbons (Fsp3) is 0.776. The molecular formula is C67H118O6. The summed E-state index contributed by atoms with van der Waals surface area (Å²) in [4.78, 5) is 38.1. The van der Waals surface area contributed by atoms with Gasteiger partial charge in [0.15, 0.2) is 6.10 Å². The molecule has 6 nitrogen and oxygen atoms in total. The van der Waals surface area contributed by atoms with Gasteiger partial charge in [-0.1, -0.05) is 293 Å². The lowest BCUT2D eigenvalue weighted by Crippen LogP contribution is -2.30. The molecule has 0 aromatic rings. The summed E-state index contributed by atoms with van der Waals surface area (Å²) in [7, 11) is 0. The Balaban J connectivity index is 4.24. The van der Waals surface area contributed by atoms with Crippen molar-refractivity contribution in [3.05, 3.63) is 72.9 Å². The number of hydrogen-bond acceptors (Lipinski definition) is 6. The third-order valence-corrected chi connectivity index (χ3v) is 13.7. The molecule has 73 heavy (non-hydrogen) atoms. The van der Waals surface area contributed by atoms with Gasteiger partial charge in [-0.3, -0.25) is 14.4 Å². The molecule has 422 valence electrons. The van der Waals surface area contributed by atoms with Crippen molar-refractivity contribution in [1.82, 2.24) is 0 Å². The molecule has 0 N–H and O–H groups in total. The van der Waals surface area contributed by atoms with Crippen molar-refractivity contribution in [2.75, 3.05) is 13.2 Å². The smallest absolute Gasteiger partial charge is 0.306 e. The van der Waals surface area contributed by atoms with E-state index in [0.29, 0.717) is 19.3 Å². The molecule has 0 amide bonds. The molecule has 0 spiro atoms. The van der Waals surface area contributed by atoms with Gasteiger partial charge in [0.1, 0.15) is 13.2 Å². The zero-order valence-electron chi connectivity index (χ0n) is 48.4. The van der Waals surface area contributed by atoms with Crippen LogP contribution in [0, 0.1) is 0 Å². The average Bonchev–Trinajstić information content (AvgIpc) is 3.39. The average molecular weight is 1020 g/mol. The second kappa shape index (κ2) is 61.4. The van der Waals surface area contributed by atoms with Crippen LogP contribution < -0.4 is 0 Å². The van der Waals surface area contributed by atoms with Gasteiger partial charge in [0.2, 0.25) is 0 Å². The van der Waals surface area contributed by atoms with Crippen molar-refractivity contribution >= 4 is 17.9 Å².